The highest BCUT2D eigenvalue weighted by Crippen LogP contribution is 2.28. The third-order valence-electron chi connectivity index (χ3n) is 3.82. The summed E-state index contributed by atoms with van der Waals surface area (Å²) in [5, 5.41) is 19.8. The molecule has 0 spiro atoms. The van der Waals surface area contributed by atoms with Crippen LogP contribution in [0.2, 0.25) is 0 Å². The zero-order valence-electron chi connectivity index (χ0n) is 13.5. The summed E-state index contributed by atoms with van der Waals surface area (Å²) in [7, 11) is 0. The molecule has 1 N–H and O–H groups in total. The molecule has 1 aliphatic heterocycles. The molecule has 0 aliphatic carbocycles. The summed E-state index contributed by atoms with van der Waals surface area (Å²) in [5.41, 5.74) is 1.22. The zero-order chi connectivity index (χ0) is 17.1. The Kier molecular flexibility index (Phi) is 4.84. The third kappa shape index (κ3) is 3.42. The van der Waals surface area contributed by atoms with Crippen LogP contribution in [0.25, 0.3) is 0 Å². The molecule has 128 valence electrons. The van der Waals surface area contributed by atoms with Crippen molar-refractivity contribution >= 4 is 28.3 Å². The second-order valence-corrected chi connectivity index (χ2v) is 6.69. The molecule has 1 saturated heterocycles. The predicted octanol–water partition coefficient (Wildman–Crippen LogP) is 0.851. The van der Waals surface area contributed by atoms with Gasteiger partial charge in [0.05, 0.1) is 12.5 Å². The van der Waals surface area contributed by atoms with Crippen LogP contribution in [0, 0.1) is 12.8 Å². The van der Waals surface area contributed by atoms with E-state index in [0.717, 1.165) is 17.8 Å². The van der Waals surface area contributed by atoms with Crippen LogP contribution in [0.5, 0.6) is 0 Å². The van der Waals surface area contributed by atoms with Gasteiger partial charge in [0.15, 0.2) is 0 Å². The highest BCUT2D eigenvalue weighted by atomic mass is 32.1. The highest BCUT2D eigenvalue weighted by molar-refractivity contribution is 7.15. The summed E-state index contributed by atoms with van der Waals surface area (Å²) in [5.74, 6) is -0.698. The number of aromatic nitrogens is 4. The van der Waals surface area contributed by atoms with Crippen molar-refractivity contribution in [2.75, 3.05) is 11.4 Å². The Hall–Kier alpha value is -2.36. The van der Waals surface area contributed by atoms with Crippen molar-refractivity contribution in [2.45, 2.75) is 39.7 Å². The summed E-state index contributed by atoms with van der Waals surface area (Å²) < 4.78 is 4.59. The second-order valence-electron chi connectivity index (χ2n) is 5.65. The van der Waals surface area contributed by atoms with E-state index in [1.807, 2.05) is 0 Å². The molecular weight excluding hydrogens is 332 g/mol. The molecule has 0 bridgehead atoms. The van der Waals surface area contributed by atoms with E-state index in [9.17, 15) is 9.59 Å². The molecule has 3 heterocycles. The topological polar surface area (TPSA) is 114 Å². The average molecular weight is 350 g/mol. The predicted molar refractivity (Wildman–Crippen MR) is 85.2 cm³/mol. The third-order valence-corrected chi connectivity index (χ3v) is 4.83. The van der Waals surface area contributed by atoms with Gasteiger partial charge in [-0.15, -0.1) is 10.2 Å². The molecule has 0 saturated carbocycles. The summed E-state index contributed by atoms with van der Waals surface area (Å²) in [6, 6.07) is 0. The van der Waals surface area contributed by atoms with Crippen molar-refractivity contribution in [3.05, 3.63) is 16.4 Å². The first-order valence-corrected chi connectivity index (χ1v) is 8.58. The number of nitrogens with zero attached hydrogens (tertiary/aromatic N) is 5. The van der Waals surface area contributed by atoms with Gasteiger partial charge in [0.2, 0.25) is 16.9 Å². The normalized spacial score (nSPS) is 17.5. The molecular formula is C14H18N6O3S. The van der Waals surface area contributed by atoms with Gasteiger partial charge in [-0.3, -0.25) is 14.5 Å². The van der Waals surface area contributed by atoms with Gasteiger partial charge < -0.3 is 5.32 Å². The maximum absolute atomic E-state index is 12.3. The van der Waals surface area contributed by atoms with Crippen molar-refractivity contribution in [1.29, 1.82) is 0 Å². The molecule has 0 aromatic carbocycles. The van der Waals surface area contributed by atoms with Crippen molar-refractivity contribution < 1.29 is 14.2 Å². The Morgan fingerprint density at radius 2 is 2.25 bits per heavy atom. The molecule has 10 heteroatoms. The molecule has 3 rings (SSSR count). The van der Waals surface area contributed by atoms with Gasteiger partial charge >= 0.3 is 0 Å². The number of hydrogen-bond acceptors (Lipinski definition) is 8. The molecule has 1 unspecified atom stereocenters. The summed E-state index contributed by atoms with van der Waals surface area (Å²) >= 11 is 1.41. The SMILES string of the molecule is CCCc1nnc(N2CC(C(=O)NCc3nonc3C)CC2=O)s1. The monoisotopic (exact) mass is 350 g/mol. The number of nitrogens with one attached hydrogen (secondary N) is 1. The maximum atomic E-state index is 12.3. The maximum Gasteiger partial charge on any atom is 0.229 e. The lowest BCUT2D eigenvalue weighted by Gasteiger charge is -2.12. The van der Waals surface area contributed by atoms with E-state index in [1.165, 1.54) is 11.3 Å². The van der Waals surface area contributed by atoms with Gasteiger partial charge in [-0.25, -0.2) is 4.63 Å². The lowest BCUT2D eigenvalue weighted by molar-refractivity contribution is -0.126. The van der Waals surface area contributed by atoms with Gasteiger partial charge in [-0.1, -0.05) is 28.6 Å². The van der Waals surface area contributed by atoms with E-state index < -0.39 is 5.92 Å². The van der Waals surface area contributed by atoms with Gasteiger partial charge in [0, 0.05) is 19.4 Å². The van der Waals surface area contributed by atoms with Gasteiger partial charge in [-0.05, 0) is 13.3 Å². The van der Waals surface area contributed by atoms with Crippen molar-refractivity contribution in [2.24, 2.45) is 5.92 Å². The number of carbonyl (C=O) groups is 2. The molecule has 2 aromatic rings. The minimum absolute atomic E-state index is 0.103. The first-order chi connectivity index (χ1) is 11.6. The van der Waals surface area contributed by atoms with Crippen LogP contribution in [0.15, 0.2) is 4.63 Å². The highest BCUT2D eigenvalue weighted by Gasteiger charge is 2.36. The number of hydrogen-bond donors (Lipinski definition) is 1. The zero-order valence-corrected chi connectivity index (χ0v) is 14.3. The standard InChI is InChI=1S/C14H18N6O3S/c1-3-4-11-16-17-14(24-11)20-7-9(5-12(20)21)13(22)15-6-10-8(2)18-23-19-10/h9H,3-7H2,1-2H3,(H,15,22). The molecule has 0 radical (unpaired) electrons. The number of aryl methyl sites for hydroxylation is 2. The van der Waals surface area contributed by atoms with Crippen LogP contribution in [0.4, 0.5) is 5.13 Å². The van der Waals surface area contributed by atoms with Crippen LogP contribution in [0.3, 0.4) is 0 Å². The fraction of sp³-hybridized carbons (Fsp3) is 0.571. The van der Waals surface area contributed by atoms with Gasteiger partial charge in [-0.2, -0.15) is 0 Å². The Bertz CT molecular complexity index is 742. The summed E-state index contributed by atoms with van der Waals surface area (Å²) in [4.78, 5) is 26.0. The largest absolute Gasteiger partial charge is 0.350 e. The van der Waals surface area contributed by atoms with Crippen LogP contribution < -0.4 is 10.2 Å². The van der Waals surface area contributed by atoms with Gasteiger partial charge in [0.25, 0.3) is 0 Å². The van der Waals surface area contributed by atoms with E-state index in [1.54, 1.807) is 11.8 Å². The average Bonchev–Trinajstić information content (AvgIpc) is 3.26. The summed E-state index contributed by atoms with van der Waals surface area (Å²) in [6.07, 6.45) is 1.99. The minimum atomic E-state index is -0.406. The number of rotatable bonds is 6. The molecule has 9 nitrogen and oxygen atoms in total. The minimum Gasteiger partial charge on any atom is -0.350 e. The fourth-order valence-electron chi connectivity index (χ4n) is 2.46. The van der Waals surface area contributed by atoms with Crippen molar-refractivity contribution in [1.82, 2.24) is 25.8 Å². The number of carbonyl (C=O) groups excluding carboxylic acids is 2. The van der Waals surface area contributed by atoms with E-state index >= 15 is 0 Å². The van der Waals surface area contributed by atoms with E-state index in [0.29, 0.717) is 23.1 Å². The summed E-state index contributed by atoms with van der Waals surface area (Å²) in [6.45, 7) is 4.37. The van der Waals surface area contributed by atoms with E-state index in [2.05, 4.69) is 37.4 Å². The molecule has 2 aromatic heterocycles. The Labute approximate surface area is 142 Å². The lowest BCUT2D eigenvalue weighted by atomic mass is 10.1. The van der Waals surface area contributed by atoms with Crippen LogP contribution in [-0.4, -0.2) is 38.9 Å². The molecule has 24 heavy (non-hydrogen) atoms. The quantitative estimate of drug-likeness (QED) is 0.821. The van der Waals surface area contributed by atoms with Crippen molar-refractivity contribution in [3.63, 3.8) is 0 Å². The Morgan fingerprint density at radius 3 is 2.96 bits per heavy atom. The number of anilines is 1. The first kappa shape index (κ1) is 16.5. The molecule has 1 fully saturated rings. The van der Waals surface area contributed by atoms with Crippen molar-refractivity contribution in [3.8, 4) is 0 Å². The van der Waals surface area contributed by atoms with Gasteiger partial charge in [0.1, 0.15) is 16.4 Å². The fourth-order valence-corrected chi connectivity index (χ4v) is 3.43. The van der Waals surface area contributed by atoms with Crippen LogP contribution in [0.1, 0.15) is 36.2 Å². The first-order valence-electron chi connectivity index (χ1n) is 7.77. The smallest absolute Gasteiger partial charge is 0.229 e. The second kappa shape index (κ2) is 7.04. The molecule has 2 amide bonds. The number of amides is 2. The van der Waals surface area contributed by atoms with E-state index in [4.69, 9.17) is 0 Å². The molecule has 1 atom stereocenters. The van der Waals surface area contributed by atoms with E-state index in [-0.39, 0.29) is 24.8 Å². The lowest BCUT2D eigenvalue weighted by Crippen LogP contribution is -2.32. The molecule has 1 aliphatic rings. The Balaban J connectivity index is 1.59. The Morgan fingerprint density at radius 1 is 1.42 bits per heavy atom. The van der Waals surface area contributed by atoms with Crippen LogP contribution >= 0.6 is 11.3 Å². The van der Waals surface area contributed by atoms with Crippen LogP contribution in [-0.2, 0) is 22.6 Å².